The van der Waals surface area contributed by atoms with Crippen molar-refractivity contribution >= 4 is 27.5 Å². The van der Waals surface area contributed by atoms with Gasteiger partial charge in [0.25, 0.3) is 10.0 Å². The molecule has 0 radical (unpaired) electrons. The average molecular weight is 654 g/mol. The zero-order valence-electron chi connectivity index (χ0n) is 27.0. The van der Waals surface area contributed by atoms with E-state index >= 15 is 0 Å². The smallest absolute Gasteiger partial charge is 0.264 e. The van der Waals surface area contributed by atoms with E-state index in [-0.39, 0.29) is 29.8 Å². The van der Waals surface area contributed by atoms with Gasteiger partial charge in [-0.1, -0.05) is 91.2 Å². The molecule has 0 bridgehead atoms. The molecule has 1 aliphatic rings. The predicted molar refractivity (Wildman–Crippen MR) is 185 cm³/mol. The topological polar surface area (TPSA) is 96.0 Å². The van der Waals surface area contributed by atoms with E-state index in [4.69, 9.17) is 4.74 Å². The van der Waals surface area contributed by atoms with Crippen LogP contribution in [0.1, 0.15) is 49.3 Å². The zero-order chi connectivity index (χ0) is 33.2. The Morgan fingerprint density at radius 1 is 0.851 bits per heavy atom. The SMILES string of the molecule is CCOc1ccc(S(=O)(=O)N(CC(=O)N(Cc2cccc(C)c2)[C@@H](Cc2ccccc2)C(=O)NC2CCCC2)c2ccccc2)cc1. The number of sulfonamides is 1. The van der Waals surface area contributed by atoms with Crippen molar-refractivity contribution in [2.24, 2.45) is 0 Å². The van der Waals surface area contributed by atoms with Crippen molar-refractivity contribution in [3.63, 3.8) is 0 Å². The summed E-state index contributed by atoms with van der Waals surface area (Å²) < 4.78 is 35.1. The van der Waals surface area contributed by atoms with Gasteiger partial charge in [0.05, 0.1) is 17.2 Å². The van der Waals surface area contributed by atoms with E-state index in [0.29, 0.717) is 18.0 Å². The van der Waals surface area contributed by atoms with Gasteiger partial charge in [-0.05, 0) is 74.2 Å². The second-order valence-electron chi connectivity index (χ2n) is 12.0. The number of ether oxygens (including phenoxy) is 1. The number of nitrogens with one attached hydrogen (secondary N) is 1. The highest BCUT2D eigenvalue weighted by atomic mass is 32.2. The standard InChI is InChI=1S/C38H43N3O5S/c1-3-46-34-21-23-35(24-22-34)47(44,45)41(33-19-8-5-9-20-33)28-37(42)40(27-31-16-12-13-29(2)25-31)36(26-30-14-6-4-7-15-30)38(43)39-32-17-10-11-18-32/h4-9,12-16,19-25,32,36H,3,10-11,17-18,26-28H2,1-2H3,(H,39,43)/t36-/m0/s1. The highest BCUT2D eigenvalue weighted by Gasteiger charge is 2.35. The summed E-state index contributed by atoms with van der Waals surface area (Å²) in [6.45, 7) is 3.93. The summed E-state index contributed by atoms with van der Waals surface area (Å²) >= 11 is 0. The highest BCUT2D eigenvalue weighted by molar-refractivity contribution is 7.92. The number of nitrogens with zero attached hydrogens (tertiary/aromatic N) is 2. The van der Waals surface area contributed by atoms with Crippen molar-refractivity contribution in [2.75, 3.05) is 17.5 Å². The van der Waals surface area contributed by atoms with Crippen LogP contribution in [0, 0.1) is 6.92 Å². The van der Waals surface area contributed by atoms with Crippen LogP contribution in [-0.2, 0) is 32.6 Å². The normalized spacial score (nSPS) is 13.9. The molecule has 0 heterocycles. The minimum atomic E-state index is -4.19. The number of amides is 2. The Bertz CT molecular complexity index is 1720. The lowest BCUT2D eigenvalue weighted by molar-refractivity contribution is -0.140. The zero-order valence-corrected chi connectivity index (χ0v) is 27.9. The quantitative estimate of drug-likeness (QED) is 0.173. The van der Waals surface area contributed by atoms with Crippen LogP contribution in [0.2, 0.25) is 0 Å². The van der Waals surface area contributed by atoms with E-state index in [1.54, 1.807) is 47.4 Å². The van der Waals surface area contributed by atoms with Crippen LogP contribution in [0.15, 0.2) is 114 Å². The van der Waals surface area contributed by atoms with E-state index < -0.39 is 28.5 Å². The second kappa shape index (κ2) is 15.8. The Labute approximate surface area is 278 Å². The Morgan fingerprint density at radius 3 is 2.13 bits per heavy atom. The minimum absolute atomic E-state index is 0.0302. The molecule has 1 N–H and O–H groups in total. The largest absolute Gasteiger partial charge is 0.494 e. The van der Waals surface area contributed by atoms with Crippen molar-refractivity contribution in [1.82, 2.24) is 10.2 Å². The van der Waals surface area contributed by atoms with E-state index in [1.165, 1.54) is 12.1 Å². The molecule has 1 atom stereocenters. The summed E-state index contributed by atoms with van der Waals surface area (Å²) in [5.41, 5.74) is 3.13. The average Bonchev–Trinajstić information content (AvgIpc) is 3.59. The summed E-state index contributed by atoms with van der Waals surface area (Å²) in [6.07, 6.45) is 4.19. The first-order chi connectivity index (χ1) is 22.7. The molecule has 246 valence electrons. The monoisotopic (exact) mass is 653 g/mol. The first-order valence-electron chi connectivity index (χ1n) is 16.2. The van der Waals surface area contributed by atoms with Crippen LogP contribution in [0.4, 0.5) is 5.69 Å². The molecule has 9 heteroatoms. The number of para-hydroxylation sites is 1. The molecule has 0 unspecified atom stereocenters. The lowest BCUT2D eigenvalue weighted by atomic mass is 10.0. The van der Waals surface area contributed by atoms with Crippen LogP contribution in [-0.4, -0.2) is 50.4 Å². The predicted octanol–water partition coefficient (Wildman–Crippen LogP) is 6.29. The molecule has 2 amide bonds. The molecule has 0 aromatic heterocycles. The molecule has 5 rings (SSSR count). The van der Waals surface area contributed by atoms with Gasteiger partial charge in [0.2, 0.25) is 11.8 Å². The molecule has 0 spiro atoms. The lowest BCUT2D eigenvalue weighted by Gasteiger charge is -2.34. The molecule has 1 saturated carbocycles. The van der Waals surface area contributed by atoms with Crippen molar-refractivity contribution in [2.45, 2.75) is 69.5 Å². The number of carbonyl (C=O) groups is 2. The van der Waals surface area contributed by atoms with Gasteiger partial charge >= 0.3 is 0 Å². The Kier molecular flexibility index (Phi) is 11.3. The molecule has 1 fully saturated rings. The fourth-order valence-electron chi connectivity index (χ4n) is 6.05. The molecule has 8 nitrogen and oxygen atoms in total. The first-order valence-corrected chi connectivity index (χ1v) is 17.7. The third-order valence-electron chi connectivity index (χ3n) is 8.45. The molecular weight excluding hydrogens is 611 g/mol. The third kappa shape index (κ3) is 8.80. The fraction of sp³-hybridized carbons (Fsp3) is 0.316. The molecular formula is C38H43N3O5S. The molecule has 1 aliphatic carbocycles. The number of carbonyl (C=O) groups excluding carboxylic acids is 2. The Morgan fingerprint density at radius 2 is 1.49 bits per heavy atom. The summed E-state index contributed by atoms with van der Waals surface area (Å²) in [6, 6.07) is 31.4. The molecule has 0 saturated heterocycles. The second-order valence-corrected chi connectivity index (χ2v) is 13.8. The summed E-state index contributed by atoms with van der Waals surface area (Å²) in [7, 11) is -4.19. The molecule has 47 heavy (non-hydrogen) atoms. The van der Waals surface area contributed by atoms with Crippen molar-refractivity contribution < 1.29 is 22.7 Å². The Balaban J connectivity index is 1.54. The van der Waals surface area contributed by atoms with Crippen LogP contribution in [0.5, 0.6) is 5.75 Å². The van der Waals surface area contributed by atoms with Gasteiger partial charge in [0.15, 0.2) is 0 Å². The number of aryl methyl sites for hydroxylation is 1. The first kappa shape index (κ1) is 33.7. The maximum absolute atomic E-state index is 14.6. The summed E-state index contributed by atoms with van der Waals surface area (Å²) in [5.74, 6) is -0.162. The maximum atomic E-state index is 14.6. The third-order valence-corrected chi connectivity index (χ3v) is 10.2. The number of hydrogen-bond acceptors (Lipinski definition) is 5. The van der Waals surface area contributed by atoms with Crippen LogP contribution < -0.4 is 14.4 Å². The molecule has 0 aliphatic heterocycles. The van der Waals surface area contributed by atoms with E-state index in [0.717, 1.165) is 46.7 Å². The number of rotatable bonds is 14. The van der Waals surface area contributed by atoms with Crippen LogP contribution in [0.25, 0.3) is 0 Å². The van der Waals surface area contributed by atoms with Crippen molar-refractivity contribution in [3.8, 4) is 5.75 Å². The highest BCUT2D eigenvalue weighted by Crippen LogP contribution is 2.27. The van der Waals surface area contributed by atoms with Crippen molar-refractivity contribution in [1.29, 1.82) is 0 Å². The lowest BCUT2D eigenvalue weighted by Crippen LogP contribution is -2.54. The van der Waals surface area contributed by atoms with E-state index in [9.17, 15) is 18.0 Å². The summed E-state index contributed by atoms with van der Waals surface area (Å²) in [5, 5.41) is 3.21. The molecule has 4 aromatic carbocycles. The fourth-order valence-corrected chi connectivity index (χ4v) is 7.47. The van der Waals surface area contributed by atoms with Crippen LogP contribution >= 0.6 is 0 Å². The van der Waals surface area contributed by atoms with Gasteiger partial charge in [-0.2, -0.15) is 0 Å². The van der Waals surface area contributed by atoms with E-state index in [1.807, 2.05) is 68.4 Å². The summed E-state index contributed by atoms with van der Waals surface area (Å²) in [4.78, 5) is 30.3. The van der Waals surface area contributed by atoms with Gasteiger partial charge in [-0.25, -0.2) is 8.42 Å². The molecule has 4 aromatic rings. The van der Waals surface area contributed by atoms with Gasteiger partial charge < -0.3 is 15.0 Å². The Hall–Kier alpha value is -4.63. The van der Waals surface area contributed by atoms with Crippen molar-refractivity contribution in [3.05, 3.63) is 126 Å². The van der Waals surface area contributed by atoms with Gasteiger partial charge in [-0.15, -0.1) is 0 Å². The number of hydrogen-bond donors (Lipinski definition) is 1. The maximum Gasteiger partial charge on any atom is 0.264 e. The minimum Gasteiger partial charge on any atom is -0.494 e. The number of benzene rings is 4. The van der Waals surface area contributed by atoms with Gasteiger partial charge in [0.1, 0.15) is 18.3 Å². The van der Waals surface area contributed by atoms with E-state index in [2.05, 4.69) is 5.32 Å². The van der Waals surface area contributed by atoms with Crippen LogP contribution in [0.3, 0.4) is 0 Å². The number of anilines is 1. The van der Waals surface area contributed by atoms with Gasteiger partial charge in [-0.3, -0.25) is 13.9 Å². The van der Waals surface area contributed by atoms with Gasteiger partial charge in [0, 0.05) is 19.0 Å².